The molecule has 1 aliphatic carbocycles. The van der Waals surface area contributed by atoms with Crippen LogP contribution in [0, 0.1) is 5.92 Å². The summed E-state index contributed by atoms with van der Waals surface area (Å²) in [6.45, 7) is 2.22. The highest BCUT2D eigenvalue weighted by atomic mass is 16.5. The van der Waals surface area contributed by atoms with Gasteiger partial charge in [0.25, 0.3) is 5.91 Å². The molecule has 0 unspecified atom stereocenters. The molecule has 0 bridgehead atoms. The highest BCUT2D eigenvalue weighted by Crippen LogP contribution is 2.24. The number of hydrogen-bond acceptors (Lipinski definition) is 5. The summed E-state index contributed by atoms with van der Waals surface area (Å²) >= 11 is 0. The van der Waals surface area contributed by atoms with Gasteiger partial charge in [-0.05, 0) is 37.8 Å². The number of nitrogens with one attached hydrogen (secondary N) is 1. The molecule has 0 heterocycles. The number of rotatable bonds is 7. The summed E-state index contributed by atoms with van der Waals surface area (Å²) < 4.78 is 15.6. The largest absolute Gasteiger partial charge is 0.497 e. The topological polar surface area (TPSA) is 73.9 Å². The number of ether oxygens (including phenoxy) is 3. The number of amides is 1. The fourth-order valence-corrected chi connectivity index (χ4v) is 2.99. The molecule has 1 aliphatic rings. The lowest BCUT2D eigenvalue weighted by Crippen LogP contribution is -2.38. The van der Waals surface area contributed by atoms with Crippen molar-refractivity contribution in [1.29, 1.82) is 0 Å². The van der Waals surface area contributed by atoms with Gasteiger partial charge in [-0.3, -0.25) is 4.79 Å². The number of esters is 1. The normalized spacial score (nSPS) is 16.0. The van der Waals surface area contributed by atoms with Crippen LogP contribution in [0.4, 0.5) is 0 Å². The zero-order valence-corrected chi connectivity index (χ0v) is 15.2. The Morgan fingerprint density at radius 3 is 2.24 bits per heavy atom. The van der Waals surface area contributed by atoms with E-state index in [4.69, 9.17) is 14.2 Å². The molecule has 0 aliphatic heterocycles. The summed E-state index contributed by atoms with van der Waals surface area (Å²) in [5.41, 5.74) is 0.281. The second kappa shape index (κ2) is 9.30. The van der Waals surface area contributed by atoms with Gasteiger partial charge in [-0.2, -0.15) is 0 Å². The number of carbonyl (C=O) groups excluding carboxylic acids is 2. The van der Waals surface area contributed by atoms with Crippen molar-refractivity contribution < 1.29 is 23.8 Å². The number of benzene rings is 1. The Balaban J connectivity index is 1.89. The maximum absolute atomic E-state index is 12.3. The molecule has 0 spiro atoms. The molecule has 1 fully saturated rings. The van der Waals surface area contributed by atoms with E-state index in [1.807, 2.05) is 0 Å². The molecule has 1 aromatic rings. The van der Waals surface area contributed by atoms with Crippen LogP contribution in [0.5, 0.6) is 11.5 Å². The Kier molecular flexibility index (Phi) is 7.10. The average molecular weight is 349 g/mol. The van der Waals surface area contributed by atoms with Gasteiger partial charge >= 0.3 is 5.97 Å². The van der Waals surface area contributed by atoms with E-state index < -0.39 is 12.1 Å². The standard InChI is InChI=1S/C19H27NO5/c1-13(18(21)20-12-14-7-5-4-6-8-14)25-19(22)15-9-16(23-2)11-17(10-15)24-3/h9-11,13-14H,4-8,12H2,1-3H3,(H,20,21)/t13-/m1/s1. The second-order valence-electron chi connectivity index (χ2n) is 6.40. The Labute approximate surface area is 148 Å². The van der Waals surface area contributed by atoms with E-state index in [-0.39, 0.29) is 11.5 Å². The van der Waals surface area contributed by atoms with Crippen LogP contribution in [0.15, 0.2) is 18.2 Å². The summed E-state index contributed by atoms with van der Waals surface area (Å²) in [5.74, 6) is 0.649. The Morgan fingerprint density at radius 1 is 1.08 bits per heavy atom. The van der Waals surface area contributed by atoms with Crippen molar-refractivity contribution in [3.63, 3.8) is 0 Å². The molecule has 1 atom stereocenters. The van der Waals surface area contributed by atoms with Crippen molar-refractivity contribution in [2.45, 2.75) is 45.1 Å². The lowest BCUT2D eigenvalue weighted by molar-refractivity contribution is -0.129. The fraction of sp³-hybridized carbons (Fsp3) is 0.579. The third-order valence-corrected chi connectivity index (χ3v) is 4.53. The molecule has 1 saturated carbocycles. The molecule has 6 nitrogen and oxygen atoms in total. The molecule has 6 heteroatoms. The zero-order valence-electron chi connectivity index (χ0n) is 15.2. The minimum atomic E-state index is -0.853. The smallest absolute Gasteiger partial charge is 0.339 e. The Morgan fingerprint density at radius 2 is 1.68 bits per heavy atom. The first-order valence-electron chi connectivity index (χ1n) is 8.75. The van der Waals surface area contributed by atoms with Gasteiger partial charge in [0.15, 0.2) is 6.10 Å². The first-order valence-corrected chi connectivity index (χ1v) is 8.75. The minimum Gasteiger partial charge on any atom is -0.497 e. The SMILES string of the molecule is COc1cc(OC)cc(C(=O)O[C@H](C)C(=O)NCC2CCCCC2)c1. The molecule has 0 radical (unpaired) electrons. The molecule has 1 aromatic carbocycles. The first-order chi connectivity index (χ1) is 12.0. The molecule has 1 amide bonds. The predicted molar refractivity (Wildman–Crippen MR) is 94.0 cm³/mol. The molecule has 1 N–H and O–H groups in total. The minimum absolute atomic E-state index is 0.270. The fourth-order valence-electron chi connectivity index (χ4n) is 2.99. The summed E-state index contributed by atoms with van der Waals surface area (Å²) in [5, 5.41) is 2.89. The van der Waals surface area contributed by atoms with Crippen LogP contribution in [0.3, 0.4) is 0 Å². The number of methoxy groups -OCH3 is 2. The summed E-state index contributed by atoms with van der Waals surface area (Å²) in [6.07, 6.45) is 5.18. The maximum Gasteiger partial charge on any atom is 0.339 e. The van der Waals surface area contributed by atoms with Gasteiger partial charge < -0.3 is 19.5 Å². The van der Waals surface area contributed by atoms with Crippen LogP contribution in [0.25, 0.3) is 0 Å². The quantitative estimate of drug-likeness (QED) is 0.766. The average Bonchev–Trinajstić information content (AvgIpc) is 2.66. The molecular formula is C19H27NO5. The van der Waals surface area contributed by atoms with Crippen LogP contribution >= 0.6 is 0 Å². The van der Waals surface area contributed by atoms with Gasteiger partial charge in [0.05, 0.1) is 19.8 Å². The van der Waals surface area contributed by atoms with E-state index in [1.54, 1.807) is 25.1 Å². The second-order valence-corrected chi connectivity index (χ2v) is 6.40. The van der Waals surface area contributed by atoms with Gasteiger partial charge in [-0.15, -0.1) is 0 Å². The number of hydrogen-bond donors (Lipinski definition) is 1. The van der Waals surface area contributed by atoms with Gasteiger partial charge in [-0.25, -0.2) is 4.79 Å². The lowest BCUT2D eigenvalue weighted by Gasteiger charge is -2.22. The van der Waals surface area contributed by atoms with E-state index in [9.17, 15) is 9.59 Å². The number of carbonyl (C=O) groups is 2. The van der Waals surface area contributed by atoms with Crippen LogP contribution in [0.2, 0.25) is 0 Å². The van der Waals surface area contributed by atoms with Gasteiger partial charge in [0.1, 0.15) is 11.5 Å². The molecular weight excluding hydrogens is 322 g/mol. The van der Waals surface area contributed by atoms with Crippen molar-refractivity contribution in [2.75, 3.05) is 20.8 Å². The zero-order chi connectivity index (χ0) is 18.2. The Bertz CT molecular complexity index is 573. The van der Waals surface area contributed by atoms with E-state index >= 15 is 0 Å². The van der Waals surface area contributed by atoms with Crippen molar-refractivity contribution in [3.8, 4) is 11.5 Å². The van der Waals surface area contributed by atoms with Gasteiger partial charge in [-0.1, -0.05) is 19.3 Å². The lowest BCUT2D eigenvalue weighted by atomic mass is 9.89. The first kappa shape index (κ1) is 19.1. The van der Waals surface area contributed by atoms with Gasteiger partial charge in [0.2, 0.25) is 0 Å². The van der Waals surface area contributed by atoms with Crippen LogP contribution < -0.4 is 14.8 Å². The summed E-state index contributed by atoms with van der Waals surface area (Å²) in [6, 6.07) is 4.77. The van der Waals surface area contributed by atoms with Crippen LogP contribution in [-0.2, 0) is 9.53 Å². The maximum atomic E-state index is 12.3. The third kappa shape index (κ3) is 5.66. The van der Waals surface area contributed by atoms with Gasteiger partial charge in [0, 0.05) is 12.6 Å². The molecule has 2 rings (SSSR count). The van der Waals surface area contributed by atoms with E-state index in [2.05, 4.69) is 5.32 Å². The Hall–Kier alpha value is -2.24. The van der Waals surface area contributed by atoms with Crippen molar-refractivity contribution in [3.05, 3.63) is 23.8 Å². The molecule has 0 aromatic heterocycles. The highest BCUT2D eigenvalue weighted by molar-refractivity contribution is 5.93. The predicted octanol–water partition coefficient (Wildman–Crippen LogP) is 2.95. The van der Waals surface area contributed by atoms with Crippen LogP contribution in [-0.4, -0.2) is 38.7 Å². The summed E-state index contributed by atoms with van der Waals surface area (Å²) in [7, 11) is 3.01. The van der Waals surface area contributed by atoms with Crippen molar-refractivity contribution >= 4 is 11.9 Å². The third-order valence-electron chi connectivity index (χ3n) is 4.53. The monoisotopic (exact) mass is 349 g/mol. The highest BCUT2D eigenvalue weighted by Gasteiger charge is 2.21. The molecule has 25 heavy (non-hydrogen) atoms. The van der Waals surface area contributed by atoms with Crippen molar-refractivity contribution in [2.24, 2.45) is 5.92 Å². The van der Waals surface area contributed by atoms with Crippen LogP contribution in [0.1, 0.15) is 49.4 Å². The van der Waals surface area contributed by atoms with E-state index in [1.165, 1.54) is 33.5 Å². The summed E-state index contributed by atoms with van der Waals surface area (Å²) in [4.78, 5) is 24.4. The van der Waals surface area contributed by atoms with Crippen molar-refractivity contribution in [1.82, 2.24) is 5.32 Å². The molecule has 0 saturated heterocycles. The van der Waals surface area contributed by atoms with E-state index in [0.29, 0.717) is 24.0 Å². The molecule has 138 valence electrons. The van der Waals surface area contributed by atoms with E-state index in [0.717, 1.165) is 12.8 Å².